The van der Waals surface area contributed by atoms with Gasteiger partial charge in [-0.15, -0.1) is 0 Å². The molecule has 2 aromatic rings. The Labute approximate surface area is 158 Å². The summed E-state index contributed by atoms with van der Waals surface area (Å²) in [5.74, 6) is -0.914. The van der Waals surface area contributed by atoms with E-state index in [0.29, 0.717) is 6.54 Å². The molecule has 27 heavy (non-hydrogen) atoms. The van der Waals surface area contributed by atoms with Crippen molar-refractivity contribution in [2.24, 2.45) is 5.92 Å². The van der Waals surface area contributed by atoms with Crippen LogP contribution in [0.15, 0.2) is 48.5 Å². The molecule has 1 heterocycles. The standard InChI is InChI=1S/C21H24FN3O2/c1-15-9-10-19(18(22)12-15)24-20(26)14-25-11-5-6-16(13-25)21(27)23-17-7-3-2-4-8-17/h2-4,7-10,12,16H,5-6,11,13-14H2,1H3,(H,23,27)(H,24,26)/t16-/m1/s1. The van der Waals surface area contributed by atoms with Gasteiger partial charge >= 0.3 is 0 Å². The maximum atomic E-state index is 13.9. The second kappa shape index (κ2) is 8.77. The third kappa shape index (κ3) is 5.37. The Morgan fingerprint density at radius 3 is 2.67 bits per heavy atom. The van der Waals surface area contributed by atoms with Gasteiger partial charge in [0.25, 0.3) is 0 Å². The van der Waals surface area contributed by atoms with Crippen LogP contribution in [0.3, 0.4) is 0 Å². The zero-order valence-electron chi connectivity index (χ0n) is 15.4. The summed E-state index contributed by atoms with van der Waals surface area (Å²) >= 11 is 0. The van der Waals surface area contributed by atoms with Crippen molar-refractivity contribution in [3.05, 3.63) is 59.9 Å². The first kappa shape index (κ1) is 19.0. The lowest BCUT2D eigenvalue weighted by molar-refractivity contribution is -0.123. The third-order valence-corrected chi connectivity index (χ3v) is 4.68. The predicted molar refractivity (Wildman–Crippen MR) is 104 cm³/mol. The molecule has 3 rings (SSSR count). The maximum absolute atomic E-state index is 13.9. The fraction of sp³-hybridized carbons (Fsp3) is 0.333. The minimum atomic E-state index is -0.442. The Balaban J connectivity index is 1.53. The Morgan fingerprint density at radius 2 is 1.93 bits per heavy atom. The van der Waals surface area contributed by atoms with E-state index in [1.807, 2.05) is 35.2 Å². The first-order valence-electron chi connectivity index (χ1n) is 9.15. The highest BCUT2D eigenvalue weighted by atomic mass is 19.1. The molecule has 2 amide bonds. The van der Waals surface area contributed by atoms with Gasteiger partial charge in [0, 0.05) is 12.2 Å². The number of para-hydroxylation sites is 1. The van der Waals surface area contributed by atoms with E-state index in [1.54, 1.807) is 19.1 Å². The number of piperidine rings is 1. The first-order valence-corrected chi connectivity index (χ1v) is 9.15. The summed E-state index contributed by atoms with van der Waals surface area (Å²) in [6.07, 6.45) is 1.64. The number of aryl methyl sites for hydroxylation is 1. The van der Waals surface area contributed by atoms with E-state index >= 15 is 0 Å². The summed E-state index contributed by atoms with van der Waals surface area (Å²) in [7, 11) is 0. The molecule has 2 aromatic carbocycles. The van der Waals surface area contributed by atoms with Crippen LogP contribution in [0.5, 0.6) is 0 Å². The fourth-order valence-electron chi connectivity index (χ4n) is 3.29. The van der Waals surface area contributed by atoms with Gasteiger partial charge in [0.15, 0.2) is 0 Å². The van der Waals surface area contributed by atoms with E-state index in [4.69, 9.17) is 0 Å². The molecule has 1 aliphatic heterocycles. The molecule has 142 valence electrons. The molecule has 0 spiro atoms. The van der Waals surface area contributed by atoms with Crippen LogP contribution in [-0.2, 0) is 9.59 Å². The van der Waals surface area contributed by atoms with Crippen LogP contribution in [-0.4, -0.2) is 36.3 Å². The summed E-state index contributed by atoms with van der Waals surface area (Å²) in [6, 6.07) is 14.0. The topological polar surface area (TPSA) is 61.4 Å². The van der Waals surface area contributed by atoms with Crippen molar-refractivity contribution >= 4 is 23.2 Å². The van der Waals surface area contributed by atoms with E-state index in [1.165, 1.54) is 6.07 Å². The van der Waals surface area contributed by atoms with Crippen LogP contribution in [0.25, 0.3) is 0 Å². The number of halogens is 1. The molecule has 1 fully saturated rings. The fourth-order valence-corrected chi connectivity index (χ4v) is 3.29. The van der Waals surface area contributed by atoms with Crippen molar-refractivity contribution < 1.29 is 14.0 Å². The van der Waals surface area contributed by atoms with Gasteiger partial charge < -0.3 is 10.6 Å². The van der Waals surface area contributed by atoms with Crippen molar-refractivity contribution in [2.45, 2.75) is 19.8 Å². The summed E-state index contributed by atoms with van der Waals surface area (Å²) in [5, 5.41) is 5.53. The van der Waals surface area contributed by atoms with Crippen molar-refractivity contribution in [1.82, 2.24) is 4.90 Å². The second-order valence-corrected chi connectivity index (χ2v) is 6.96. The van der Waals surface area contributed by atoms with Crippen LogP contribution < -0.4 is 10.6 Å². The number of carbonyl (C=O) groups excluding carboxylic acids is 2. The second-order valence-electron chi connectivity index (χ2n) is 6.96. The number of carbonyl (C=O) groups is 2. The van der Waals surface area contributed by atoms with Crippen molar-refractivity contribution in [1.29, 1.82) is 0 Å². The van der Waals surface area contributed by atoms with Crippen molar-refractivity contribution in [3.63, 3.8) is 0 Å². The van der Waals surface area contributed by atoms with E-state index < -0.39 is 5.82 Å². The van der Waals surface area contributed by atoms with E-state index in [0.717, 1.165) is 30.6 Å². The van der Waals surface area contributed by atoms with Crippen molar-refractivity contribution in [2.75, 3.05) is 30.3 Å². The molecular formula is C21H24FN3O2. The number of hydrogen-bond donors (Lipinski definition) is 2. The minimum Gasteiger partial charge on any atom is -0.326 e. The van der Waals surface area contributed by atoms with Crippen LogP contribution in [0.1, 0.15) is 18.4 Å². The summed E-state index contributed by atoms with van der Waals surface area (Å²) in [5.41, 5.74) is 1.75. The van der Waals surface area contributed by atoms with Crippen molar-refractivity contribution in [3.8, 4) is 0 Å². The number of nitrogens with zero attached hydrogens (tertiary/aromatic N) is 1. The SMILES string of the molecule is Cc1ccc(NC(=O)CN2CCC[C@@H](C(=O)Nc3ccccc3)C2)c(F)c1. The largest absolute Gasteiger partial charge is 0.326 e. The lowest BCUT2D eigenvalue weighted by Crippen LogP contribution is -2.44. The Bertz CT molecular complexity index is 810. The van der Waals surface area contributed by atoms with Gasteiger partial charge in [0.1, 0.15) is 5.82 Å². The van der Waals surface area contributed by atoms with Gasteiger partial charge in [-0.05, 0) is 56.1 Å². The predicted octanol–water partition coefficient (Wildman–Crippen LogP) is 3.42. The number of nitrogens with one attached hydrogen (secondary N) is 2. The van der Waals surface area contributed by atoms with Gasteiger partial charge in [0.2, 0.25) is 11.8 Å². The normalized spacial score (nSPS) is 17.3. The molecule has 1 aliphatic rings. The lowest BCUT2D eigenvalue weighted by Gasteiger charge is -2.31. The highest BCUT2D eigenvalue weighted by molar-refractivity contribution is 5.93. The quantitative estimate of drug-likeness (QED) is 0.849. The van der Waals surface area contributed by atoms with E-state index in [-0.39, 0.29) is 30.0 Å². The Morgan fingerprint density at radius 1 is 1.15 bits per heavy atom. The zero-order chi connectivity index (χ0) is 19.2. The number of hydrogen-bond acceptors (Lipinski definition) is 3. The smallest absolute Gasteiger partial charge is 0.238 e. The van der Waals surface area contributed by atoms with Gasteiger partial charge in [-0.25, -0.2) is 4.39 Å². The molecule has 0 radical (unpaired) electrons. The van der Waals surface area contributed by atoms with Gasteiger partial charge in [0.05, 0.1) is 18.2 Å². The summed E-state index contributed by atoms with van der Waals surface area (Å²) < 4.78 is 13.9. The van der Waals surface area contributed by atoms with Crippen LogP contribution in [0.2, 0.25) is 0 Å². The van der Waals surface area contributed by atoms with Gasteiger partial charge in [-0.1, -0.05) is 24.3 Å². The molecule has 0 aliphatic carbocycles. The molecule has 6 heteroatoms. The minimum absolute atomic E-state index is 0.0316. The molecule has 1 saturated heterocycles. The highest BCUT2D eigenvalue weighted by Gasteiger charge is 2.27. The number of anilines is 2. The molecule has 5 nitrogen and oxygen atoms in total. The molecule has 0 unspecified atom stereocenters. The Kier molecular flexibility index (Phi) is 6.19. The van der Waals surface area contributed by atoms with E-state index in [9.17, 15) is 14.0 Å². The molecule has 0 saturated carbocycles. The van der Waals surface area contributed by atoms with Gasteiger partial charge in [-0.3, -0.25) is 14.5 Å². The van der Waals surface area contributed by atoms with Crippen LogP contribution in [0.4, 0.5) is 15.8 Å². The van der Waals surface area contributed by atoms with Gasteiger partial charge in [-0.2, -0.15) is 0 Å². The number of amides is 2. The summed E-state index contributed by atoms with van der Waals surface area (Å²) in [4.78, 5) is 26.7. The monoisotopic (exact) mass is 369 g/mol. The molecular weight excluding hydrogens is 345 g/mol. The molecule has 2 N–H and O–H groups in total. The molecule has 0 aromatic heterocycles. The molecule has 1 atom stereocenters. The van der Waals surface area contributed by atoms with E-state index in [2.05, 4.69) is 10.6 Å². The lowest BCUT2D eigenvalue weighted by atomic mass is 9.97. The number of benzene rings is 2. The average Bonchev–Trinajstić information content (AvgIpc) is 2.65. The highest BCUT2D eigenvalue weighted by Crippen LogP contribution is 2.19. The zero-order valence-corrected chi connectivity index (χ0v) is 15.4. The number of rotatable bonds is 5. The maximum Gasteiger partial charge on any atom is 0.238 e. The Hall–Kier alpha value is -2.73. The average molecular weight is 369 g/mol. The van der Waals surface area contributed by atoms with Crippen LogP contribution in [0, 0.1) is 18.7 Å². The summed E-state index contributed by atoms with van der Waals surface area (Å²) in [6.45, 7) is 3.20. The third-order valence-electron chi connectivity index (χ3n) is 4.68. The molecule has 0 bridgehead atoms. The van der Waals surface area contributed by atoms with Crippen LogP contribution >= 0.6 is 0 Å². The first-order chi connectivity index (χ1) is 13.0. The number of likely N-dealkylation sites (tertiary alicyclic amines) is 1.